The van der Waals surface area contributed by atoms with Gasteiger partial charge < -0.3 is 20.1 Å². The summed E-state index contributed by atoms with van der Waals surface area (Å²) in [5.41, 5.74) is 0.542. The summed E-state index contributed by atoms with van der Waals surface area (Å²) in [6.07, 6.45) is 0. The van der Waals surface area contributed by atoms with Crippen molar-refractivity contribution < 1.29 is 19.4 Å². The van der Waals surface area contributed by atoms with Crippen LogP contribution in [0.4, 0.5) is 0 Å². The lowest BCUT2D eigenvalue weighted by molar-refractivity contribution is -0.145. The molecule has 0 bridgehead atoms. The number of carbonyl (C=O) groups excluding carboxylic acids is 1. The van der Waals surface area contributed by atoms with Gasteiger partial charge in [-0.2, -0.15) is 0 Å². The fourth-order valence-corrected chi connectivity index (χ4v) is 2.07. The number of amides is 1. The van der Waals surface area contributed by atoms with Crippen LogP contribution in [-0.4, -0.2) is 41.2 Å². The quantitative estimate of drug-likeness (QED) is 0.760. The Bertz CT molecular complexity index is 666. The first kappa shape index (κ1) is 15.8. The van der Waals surface area contributed by atoms with Crippen LogP contribution in [-0.2, 0) is 9.53 Å². The standard InChI is InChI=1S/C16H18N2O4/c1-16(10-22-2,15(20)21)18-14(19)13-9-8-12(17-13)11-6-4-3-5-7-11/h3-9,17H,10H2,1-2H3,(H,18,19)(H,20,21). The maximum absolute atomic E-state index is 12.2. The summed E-state index contributed by atoms with van der Waals surface area (Å²) in [5, 5.41) is 11.7. The van der Waals surface area contributed by atoms with Crippen molar-refractivity contribution in [2.75, 3.05) is 13.7 Å². The molecule has 116 valence electrons. The lowest BCUT2D eigenvalue weighted by Crippen LogP contribution is -2.55. The lowest BCUT2D eigenvalue weighted by Gasteiger charge is -2.24. The Morgan fingerprint density at radius 1 is 1.23 bits per heavy atom. The number of aromatic amines is 1. The highest BCUT2D eigenvalue weighted by Gasteiger charge is 2.35. The van der Waals surface area contributed by atoms with Gasteiger partial charge in [-0.05, 0) is 24.6 Å². The number of carbonyl (C=O) groups is 2. The first-order valence-electron chi connectivity index (χ1n) is 6.75. The lowest BCUT2D eigenvalue weighted by atomic mass is 10.0. The maximum Gasteiger partial charge on any atom is 0.331 e. The third-order valence-corrected chi connectivity index (χ3v) is 3.31. The molecule has 0 aliphatic heterocycles. The van der Waals surface area contributed by atoms with Crippen molar-refractivity contribution in [3.8, 4) is 11.3 Å². The third-order valence-electron chi connectivity index (χ3n) is 3.31. The minimum atomic E-state index is -1.48. The molecule has 0 radical (unpaired) electrons. The van der Waals surface area contributed by atoms with Gasteiger partial charge in [-0.15, -0.1) is 0 Å². The first-order valence-corrected chi connectivity index (χ1v) is 6.75. The maximum atomic E-state index is 12.2. The van der Waals surface area contributed by atoms with Crippen molar-refractivity contribution in [1.82, 2.24) is 10.3 Å². The molecule has 1 aromatic carbocycles. The van der Waals surface area contributed by atoms with Crippen LogP contribution in [0.1, 0.15) is 17.4 Å². The van der Waals surface area contributed by atoms with Crippen molar-refractivity contribution in [3.63, 3.8) is 0 Å². The number of benzene rings is 1. The van der Waals surface area contributed by atoms with E-state index in [-0.39, 0.29) is 6.61 Å². The normalized spacial score (nSPS) is 13.4. The number of aromatic nitrogens is 1. The largest absolute Gasteiger partial charge is 0.479 e. The highest BCUT2D eigenvalue weighted by Crippen LogP contribution is 2.18. The first-order chi connectivity index (χ1) is 10.5. The molecule has 2 aromatic rings. The summed E-state index contributed by atoms with van der Waals surface area (Å²) in [4.78, 5) is 26.5. The number of aliphatic carboxylic acids is 1. The van der Waals surface area contributed by atoms with Crippen molar-refractivity contribution >= 4 is 11.9 Å². The summed E-state index contributed by atoms with van der Waals surface area (Å²) in [7, 11) is 1.38. The molecule has 0 aliphatic rings. The van der Waals surface area contributed by atoms with E-state index < -0.39 is 17.4 Å². The molecule has 1 unspecified atom stereocenters. The Labute approximate surface area is 128 Å². The van der Waals surface area contributed by atoms with Crippen LogP contribution in [0, 0.1) is 0 Å². The fraction of sp³-hybridized carbons (Fsp3) is 0.250. The molecule has 1 heterocycles. The van der Waals surface area contributed by atoms with Gasteiger partial charge in [0.25, 0.3) is 5.91 Å². The van der Waals surface area contributed by atoms with Crippen molar-refractivity contribution in [1.29, 1.82) is 0 Å². The predicted molar refractivity (Wildman–Crippen MR) is 81.6 cm³/mol. The molecule has 0 aliphatic carbocycles. The van der Waals surface area contributed by atoms with Gasteiger partial charge in [0.2, 0.25) is 0 Å². The molecular formula is C16H18N2O4. The van der Waals surface area contributed by atoms with E-state index in [1.807, 2.05) is 30.3 Å². The molecule has 3 N–H and O–H groups in total. The van der Waals surface area contributed by atoms with E-state index in [0.29, 0.717) is 5.69 Å². The van der Waals surface area contributed by atoms with Crippen molar-refractivity contribution in [2.24, 2.45) is 0 Å². The van der Waals surface area contributed by atoms with Crippen LogP contribution >= 0.6 is 0 Å². The molecule has 2 rings (SSSR count). The molecule has 0 spiro atoms. The zero-order chi connectivity index (χ0) is 16.2. The number of methoxy groups -OCH3 is 1. The van der Waals surface area contributed by atoms with Gasteiger partial charge in [-0.1, -0.05) is 30.3 Å². The Morgan fingerprint density at radius 2 is 1.91 bits per heavy atom. The fourth-order valence-electron chi connectivity index (χ4n) is 2.07. The van der Waals surface area contributed by atoms with Gasteiger partial charge in [0.05, 0.1) is 6.61 Å². The van der Waals surface area contributed by atoms with Gasteiger partial charge in [-0.25, -0.2) is 4.79 Å². The minimum absolute atomic E-state index is 0.125. The van der Waals surface area contributed by atoms with E-state index in [9.17, 15) is 14.7 Å². The number of ether oxygens (including phenoxy) is 1. The molecular weight excluding hydrogens is 284 g/mol. The zero-order valence-corrected chi connectivity index (χ0v) is 12.4. The average molecular weight is 302 g/mol. The Balaban J connectivity index is 2.17. The number of nitrogens with one attached hydrogen (secondary N) is 2. The number of carboxylic acid groups (broad SMARTS) is 1. The second-order valence-electron chi connectivity index (χ2n) is 5.18. The van der Waals surface area contributed by atoms with Crippen LogP contribution in [0.5, 0.6) is 0 Å². The Morgan fingerprint density at radius 3 is 2.50 bits per heavy atom. The van der Waals surface area contributed by atoms with Crippen LogP contribution in [0.15, 0.2) is 42.5 Å². The van der Waals surface area contributed by atoms with Crippen molar-refractivity contribution in [2.45, 2.75) is 12.5 Å². The smallest absolute Gasteiger partial charge is 0.331 e. The van der Waals surface area contributed by atoms with Crippen LogP contribution in [0.2, 0.25) is 0 Å². The van der Waals surface area contributed by atoms with E-state index in [2.05, 4.69) is 10.3 Å². The topological polar surface area (TPSA) is 91.4 Å². The van der Waals surface area contributed by atoms with Gasteiger partial charge in [0.15, 0.2) is 5.54 Å². The van der Waals surface area contributed by atoms with Crippen LogP contribution in [0.25, 0.3) is 11.3 Å². The third kappa shape index (κ3) is 3.35. The second-order valence-corrected chi connectivity index (χ2v) is 5.18. The van der Waals surface area contributed by atoms with Crippen molar-refractivity contribution in [3.05, 3.63) is 48.2 Å². The highest BCUT2D eigenvalue weighted by atomic mass is 16.5. The molecule has 6 nitrogen and oxygen atoms in total. The van der Waals surface area contributed by atoms with E-state index in [4.69, 9.17) is 4.74 Å². The average Bonchev–Trinajstić information content (AvgIpc) is 2.98. The summed E-state index contributed by atoms with van der Waals surface area (Å²) in [6, 6.07) is 12.9. The van der Waals surface area contributed by atoms with Crippen LogP contribution < -0.4 is 5.32 Å². The Hall–Kier alpha value is -2.60. The zero-order valence-electron chi connectivity index (χ0n) is 12.4. The molecule has 0 fully saturated rings. The van der Waals surface area contributed by atoms with E-state index in [1.54, 1.807) is 12.1 Å². The molecule has 6 heteroatoms. The summed E-state index contributed by atoms with van der Waals surface area (Å²) >= 11 is 0. The van der Waals surface area contributed by atoms with E-state index in [1.165, 1.54) is 14.0 Å². The number of H-pyrrole nitrogens is 1. The SMILES string of the molecule is COCC(C)(NC(=O)c1ccc(-c2ccccc2)[nH]1)C(=O)O. The van der Waals surface area contributed by atoms with E-state index >= 15 is 0 Å². The van der Waals surface area contributed by atoms with Gasteiger partial charge in [0, 0.05) is 12.8 Å². The highest BCUT2D eigenvalue weighted by molar-refractivity contribution is 5.97. The number of rotatable bonds is 6. The molecule has 1 amide bonds. The molecule has 0 saturated heterocycles. The molecule has 1 atom stereocenters. The van der Waals surface area contributed by atoms with Crippen LogP contribution in [0.3, 0.4) is 0 Å². The number of hydrogen-bond acceptors (Lipinski definition) is 3. The molecule has 1 aromatic heterocycles. The van der Waals surface area contributed by atoms with E-state index in [0.717, 1.165) is 11.3 Å². The monoisotopic (exact) mass is 302 g/mol. The number of carboxylic acids is 1. The Kier molecular flexibility index (Phi) is 4.62. The number of hydrogen-bond donors (Lipinski definition) is 3. The van der Waals surface area contributed by atoms with Gasteiger partial charge in [0.1, 0.15) is 5.69 Å². The second kappa shape index (κ2) is 6.44. The minimum Gasteiger partial charge on any atom is -0.479 e. The summed E-state index contributed by atoms with van der Waals surface area (Å²) < 4.78 is 4.87. The van der Waals surface area contributed by atoms with Gasteiger partial charge in [-0.3, -0.25) is 4.79 Å². The van der Waals surface area contributed by atoms with Gasteiger partial charge >= 0.3 is 5.97 Å². The molecule has 22 heavy (non-hydrogen) atoms. The predicted octanol–water partition coefficient (Wildman–Crippen LogP) is 1.90. The molecule has 0 saturated carbocycles. The summed E-state index contributed by atoms with van der Waals surface area (Å²) in [6.45, 7) is 1.28. The summed E-state index contributed by atoms with van der Waals surface area (Å²) in [5.74, 6) is -1.65.